The zero-order chi connectivity index (χ0) is 26.3. The molecular formula is C27H31ClN6O3S. The van der Waals surface area contributed by atoms with Crippen molar-refractivity contribution in [1.82, 2.24) is 29.8 Å². The zero-order valence-electron chi connectivity index (χ0n) is 21.1. The summed E-state index contributed by atoms with van der Waals surface area (Å²) in [6, 6.07) is 10.6. The van der Waals surface area contributed by atoms with Crippen LogP contribution >= 0.6 is 23.4 Å². The lowest BCUT2D eigenvalue weighted by Gasteiger charge is -2.26. The first kappa shape index (κ1) is 26.5. The molecule has 2 aliphatic rings. The minimum Gasteiger partial charge on any atom is -0.491 e. The Kier molecular flexibility index (Phi) is 8.83. The van der Waals surface area contributed by atoms with Crippen LogP contribution in [0.2, 0.25) is 0 Å². The van der Waals surface area contributed by atoms with Crippen LogP contribution in [0.25, 0.3) is 11.4 Å². The fourth-order valence-corrected chi connectivity index (χ4v) is 5.80. The number of piperidine rings is 1. The second kappa shape index (κ2) is 12.6. The molecule has 2 aromatic heterocycles. The number of pyridine rings is 1. The van der Waals surface area contributed by atoms with E-state index in [1.165, 1.54) is 37.1 Å². The van der Waals surface area contributed by atoms with Gasteiger partial charge < -0.3 is 15.0 Å². The van der Waals surface area contributed by atoms with Gasteiger partial charge in [-0.25, -0.2) is 4.68 Å². The molecule has 9 nitrogen and oxygen atoms in total. The van der Waals surface area contributed by atoms with Crippen LogP contribution in [-0.4, -0.2) is 61.3 Å². The van der Waals surface area contributed by atoms with Gasteiger partial charge in [-0.2, -0.15) is 0 Å². The number of thioether (sulfide) groups is 1. The lowest BCUT2D eigenvalue weighted by atomic mass is 10.1. The molecule has 1 N–H and O–H groups in total. The number of aromatic nitrogens is 4. The van der Waals surface area contributed by atoms with Crippen molar-refractivity contribution in [3.05, 3.63) is 75.8 Å². The predicted octanol–water partition coefficient (Wildman–Crippen LogP) is 3.87. The third-order valence-corrected chi connectivity index (χ3v) is 8.05. The maximum absolute atomic E-state index is 12.4. The summed E-state index contributed by atoms with van der Waals surface area (Å²) >= 11 is 7.43. The SMILES string of the molecule is O=C(NCc1cn(-c2ccc(-n3ccccc3=O)cc2OCCCN2CCCCC2)nn1)C1=CCC(Cl)S1. The molecule has 38 heavy (non-hydrogen) atoms. The summed E-state index contributed by atoms with van der Waals surface area (Å²) in [7, 11) is 0. The van der Waals surface area contributed by atoms with Gasteiger partial charge in [-0.05, 0) is 57.0 Å². The number of benzene rings is 1. The van der Waals surface area contributed by atoms with Gasteiger partial charge in [0.05, 0.1) is 34.7 Å². The van der Waals surface area contributed by atoms with Crippen molar-refractivity contribution in [3.63, 3.8) is 0 Å². The Bertz CT molecular complexity index is 1350. The lowest BCUT2D eigenvalue weighted by Crippen LogP contribution is -2.31. The Labute approximate surface area is 230 Å². The number of likely N-dealkylation sites (tertiary alicyclic amines) is 1. The second-order valence-corrected chi connectivity index (χ2v) is 11.4. The van der Waals surface area contributed by atoms with Crippen LogP contribution in [0, 0.1) is 0 Å². The molecule has 11 heteroatoms. The van der Waals surface area contributed by atoms with E-state index in [4.69, 9.17) is 16.3 Å². The number of allylic oxidation sites excluding steroid dienone is 1. The number of halogens is 1. The molecule has 1 fully saturated rings. The maximum Gasteiger partial charge on any atom is 0.257 e. The number of carbonyl (C=O) groups is 1. The smallest absolute Gasteiger partial charge is 0.257 e. The van der Waals surface area contributed by atoms with E-state index in [1.54, 1.807) is 27.7 Å². The second-order valence-electron chi connectivity index (χ2n) is 9.33. The molecule has 1 saturated heterocycles. The number of ether oxygens (including phenoxy) is 1. The molecule has 0 spiro atoms. The minimum atomic E-state index is -0.164. The van der Waals surface area contributed by atoms with Gasteiger partial charge in [-0.1, -0.05) is 23.8 Å². The number of amides is 1. The van der Waals surface area contributed by atoms with Gasteiger partial charge in [0.1, 0.15) is 17.1 Å². The van der Waals surface area contributed by atoms with E-state index in [1.807, 2.05) is 30.3 Å². The Morgan fingerprint density at radius 2 is 2.05 bits per heavy atom. The van der Waals surface area contributed by atoms with Gasteiger partial charge in [-0.3, -0.25) is 14.2 Å². The molecule has 1 aromatic carbocycles. The molecule has 3 aromatic rings. The highest BCUT2D eigenvalue weighted by Gasteiger charge is 2.21. The first-order chi connectivity index (χ1) is 18.6. The average Bonchev–Trinajstić information content (AvgIpc) is 3.60. The van der Waals surface area contributed by atoms with Gasteiger partial charge in [0, 0.05) is 24.9 Å². The van der Waals surface area contributed by atoms with E-state index in [9.17, 15) is 9.59 Å². The summed E-state index contributed by atoms with van der Waals surface area (Å²) in [5.41, 5.74) is 1.91. The molecule has 0 aliphatic carbocycles. The molecule has 0 bridgehead atoms. The van der Waals surface area contributed by atoms with E-state index >= 15 is 0 Å². The van der Waals surface area contributed by atoms with Crippen molar-refractivity contribution in [1.29, 1.82) is 0 Å². The molecular weight excluding hydrogens is 524 g/mol. The quantitative estimate of drug-likeness (QED) is 0.300. The summed E-state index contributed by atoms with van der Waals surface area (Å²) < 4.78 is 9.37. The minimum absolute atomic E-state index is 0.0930. The number of nitrogens with one attached hydrogen (secondary N) is 1. The van der Waals surface area contributed by atoms with Crippen LogP contribution in [0.15, 0.2) is 64.6 Å². The zero-order valence-corrected chi connectivity index (χ0v) is 22.7. The molecule has 2 aliphatic heterocycles. The Morgan fingerprint density at radius 3 is 2.84 bits per heavy atom. The van der Waals surface area contributed by atoms with Gasteiger partial charge in [-0.15, -0.1) is 28.5 Å². The highest BCUT2D eigenvalue weighted by Crippen LogP contribution is 2.34. The van der Waals surface area contributed by atoms with Crippen molar-refractivity contribution < 1.29 is 9.53 Å². The number of alkyl halides is 1. The third kappa shape index (κ3) is 6.67. The summed E-state index contributed by atoms with van der Waals surface area (Å²) in [6.45, 7) is 4.09. The monoisotopic (exact) mass is 554 g/mol. The van der Waals surface area contributed by atoms with Crippen molar-refractivity contribution >= 4 is 29.3 Å². The molecule has 0 saturated carbocycles. The van der Waals surface area contributed by atoms with Crippen LogP contribution in [-0.2, 0) is 11.3 Å². The Morgan fingerprint density at radius 1 is 1.18 bits per heavy atom. The number of nitrogens with zero attached hydrogens (tertiary/aromatic N) is 5. The summed E-state index contributed by atoms with van der Waals surface area (Å²) in [5, 5.41) is 11.4. The summed E-state index contributed by atoms with van der Waals surface area (Å²) in [5.74, 6) is 0.445. The summed E-state index contributed by atoms with van der Waals surface area (Å²) in [6.07, 6.45) is 10.8. The maximum atomic E-state index is 12.4. The fraction of sp³-hybridized carbons (Fsp3) is 0.407. The van der Waals surface area contributed by atoms with Crippen LogP contribution in [0.3, 0.4) is 0 Å². The number of rotatable bonds is 10. The van der Waals surface area contributed by atoms with Gasteiger partial charge >= 0.3 is 0 Å². The Balaban J connectivity index is 1.30. The number of hydrogen-bond donors (Lipinski definition) is 1. The number of carbonyl (C=O) groups excluding carboxylic acids is 1. The highest BCUT2D eigenvalue weighted by atomic mass is 35.5. The van der Waals surface area contributed by atoms with Crippen LogP contribution < -0.4 is 15.6 Å². The molecule has 1 unspecified atom stereocenters. The van der Waals surface area contributed by atoms with E-state index in [2.05, 4.69) is 20.5 Å². The number of hydrogen-bond acceptors (Lipinski definition) is 7. The van der Waals surface area contributed by atoms with Gasteiger partial charge in [0.2, 0.25) is 0 Å². The van der Waals surface area contributed by atoms with Crippen LogP contribution in [0.1, 0.15) is 37.8 Å². The first-order valence-corrected chi connectivity index (χ1v) is 14.3. The van der Waals surface area contributed by atoms with E-state index in [0.717, 1.165) is 26.1 Å². The predicted molar refractivity (Wildman–Crippen MR) is 149 cm³/mol. The van der Waals surface area contributed by atoms with Gasteiger partial charge in [0.15, 0.2) is 0 Å². The normalized spacial score (nSPS) is 17.8. The average molecular weight is 555 g/mol. The van der Waals surface area contributed by atoms with Gasteiger partial charge in [0.25, 0.3) is 11.5 Å². The largest absolute Gasteiger partial charge is 0.491 e. The molecule has 4 heterocycles. The van der Waals surface area contributed by atoms with E-state index in [0.29, 0.717) is 40.8 Å². The topological polar surface area (TPSA) is 94.3 Å². The van der Waals surface area contributed by atoms with E-state index < -0.39 is 0 Å². The van der Waals surface area contributed by atoms with Crippen molar-refractivity contribution in [2.45, 2.75) is 43.4 Å². The Hall–Kier alpha value is -3.08. The summed E-state index contributed by atoms with van der Waals surface area (Å²) in [4.78, 5) is 27.9. The third-order valence-electron chi connectivity index (χ3n) is 6.55. The highest BCUT2D eigenvalue weighted by molar-refractivity contribution is 8.05. The fourth-order valence-electron chi connectivity index (χ4n) is 4.59. The molecule has 1 amide bonds. The standard InChI is InChI=1S/C27H31ClN6O3S/c28-25-11-10-24(38-25)27(36)29-18-20-19-34(31-30-20)22-9-8-21(33-15-5-2-7-26(33)35)17-23(22)37-16-6-14-32-12-3-1-4-13-32/h2,5,7-10,15,17,19,25H,1,3-4,6,11-14,16,18H2,(H,29,36). The van der Waals surface area contributed by atoms with Crippen LogP contribution in [0.4, 0.5) is 0 Å². The van der Waals surface area contributed by atoms with Crippen molar-refractivity contribution in [2.24, 2.45) is 0 Å². The first-order valence-electron chi connectivity index (χ1n) is 12.9. The molecule has 1 atom stereocenters. The molecule has 200 valence electrons. The molecule has 5 rings (SSSR count). The van der Waals surface area contributed by atoms with Crippen molar-refractivity contribution in [3.8, 4) is 17.1 Å². The van der Waals surface area contributed by atoms with E-state index in [-0.39, 0.29) is 22.7 Å². The lowest BCUT2D eigenvalue weighted by molar-refractivity contribution is -0.117. The van der Waals surface area contributed by atoms with Crippen molar-refractivity contribution in [2.75, 3.05) is 26.2 Å². The van der Waals surface area contributed by atoms with Crippen LogP contribution in [0.5, 0.6) is 5.75 Å². The molecule has 0 radical (unpaired) electrons.